The van der Waals surface area contributed by atoms with Gasteiger partial charge in [-0.2, -0.15) is 0 Å². The fraction of sp³-hybridized carbons (Fsp3) is 0.538. The smallest absolute Gasteiger partial charge is 0.246 e. The van der Waals surface area contributed by atoms with Crippen LogP contribution in [0.1, 0.15) is 24.2 Å². The Balaban J connectivity index is 2.33. The number of hydrogen-bond acceptors (Lipinski definition) is 4. The van der Waals surface area contributed by atoms with E-state index in [4.69, 9.17) is 9.47 Å². The maximum absolute atomic E-state index is 11.6. The van der Waals surface area contributed by atoms with E-state index in [9.17, 15) is 4.79 Å². The number of ether oxygens (including phenoxy) is 2. The summed E-state index contributed by atoms with van der Waals surface area (Å²) >= 11 is 0. The van der Waals surface area contributed by atoms with Crippen molar-refractivity contribution >= 4 is 5.91 Å². The van der Waals surface area contributed by atoms with Crippen LogP contribution in [-0.2, 0) is 14.3 Å². The van der Waals surface area contributed by atoms with Gasteiger partial charge < -0.3 is 14.8 Å². The Morgan fingerprint density at radius 1 is 1.44 bits per heavy atom. The third-order valence-corrected chi connectivity index (χ3v) is 2.48. The molecular weight excluding hydrogens is 232 g/mol. The number of nitrogens with zero attached hydrogens (tertiary/aromatic N) is 1. The van der Waals surface area contributed by atoms with E-state index in [1.807, 2.05) is 26.0 Å². The number of amides is 1. The molecule has 1 atom stereocenters. The predicted octanol–water partition coefficient (Wildman–Crippen LogP) is 1.23. The summed E-state index contributed by atoms with van der Waals surface area (Å²) in [5.41, 5.74) is 1.94. The Bertz CT molecular complexity index is 365. The monoisotopic (exact) mass is 252 g/mol. The summed E-state index contributed by atoms with van der Waals surface area (Å²) < 4.78 is 9.96. The number of aryl methyl sites for hydroxylation is 1. The average Bonchev–Trinajstić information content (AvgIpc) is 2.35. The molecule has 1 aromatic heterocycles. The van der Waals surface area contributed by atoms with Gasteiger partial charge in [-0.05, 0) is 25.5 Å². The molecule has 1 aromatic rings. The van der Waals surface area contributed by atoms with Crippen LogP contribution in [0.3, 0.4) is 0 Å². The number of aromatic nitrogens is 1. The van der Waals surface area contributed by atoms with Crippen molar-refractivity contribution in [2.75, 3.05) is 26.9 Å². The number of pyridine rings is 1. The molecule has 18 heavy (non-hydrogen) atoms. The minimum Gasteiger partial charge on any atom is -0.382 e. The van der Waals surface area contributed by atoms with Crippen LogP contribution in [0.2, 0.25) is 0 Å². The average molecular weight is 252 g/mol. The van der Waals surface area contributed by atoms with Crippen LogP contribution in [-0.4, -0.2) is 37.8 Å². The van der Waals surface area contributed by atoms with Gasteiger partial charge in [-0.1, -0.05) is 6.07 Å². The van der Waals surface area contributed by atoms with Crippen molar-refractivity contribution < 1.29 is 14.3 Å². The van der Waals surface area contributed by atoms with E-state index in [1.165, 1.54) is 0 Å². The highest BCUT2D eigenvalue weighted by molar-refractivity contribution is 5.77. The van der Waals surface area contributed by atoms with E-state index in [-0.39, 0.29) is 18.6 Å². The lowest BCUT2D eigenvalue weighted by Gasteiger charge is -2.14. The molecule has 1 N–H and O–H groups in total. The van der Waals surface area contributed by atoms with Gasteiger partial charge in [0.05, 0.1) is 19.3 Å². The molecule has 5 heteroatoms. The van der Waals surface area contributed by atoms with Gasteiger partial charge in [-0.15, -0.1) is 0 Å². The number of carbonyl (C=O) groups excluding carboxylic acids is 1. The highest BCUT2D eigenvalue weighted by Gasteiger charge is 2.09. The van der Waals surface area contributed by atoms with Crippen LogP contribution >= 0.6 is 0 Å². The zero-order chi connectivity index (χ0) is 13.4. The molecule has 1 amide bonds. The van der Waals surface area contributed by atoms with Gasteiger partial charge in [0, 0.05) is 19.0 Å². The maximum atomic E-state index is 11.6. The quantitative estimate of drug-likeness (QED) is 0.741. The van der Waals surface area contributed by atoms with E-state index < -0.39 is 0 Å². The van der Waals surface area contributed by atoms with E-state index in [1.54, 1.807) is 13.3 Å². The molecule has 1 rings (SSSR count). The second-order valence-electron chi connectivity index (χ2n) is 4.07. The second-order valence-corrected chi connectivity index (χ2v) is 4.07. The normalized spacial score (nSPS) is 12.2. The van der Waals surface area contributed by atoms with Crippen molar-refractivity contribution in [1.82, 2.24) is 10.3 Å². The molecule has 100 valence electrons. The standard InChI is InChI=1S/C13H20N2O3/c1-10-4-5-12(8-14-10)11(2)15-13(16)9-18-7-6-17-3/h4-5,8,11H,6-7,9H2,1-3H3,(H,15,16). The van der Waals surface area contributed by atoms with Crippen molar-refractivity contribution in [3.05, 3.63) is 29.6 Å². The lowest BCUT2D eigenvalue weighted by atomic mass is 10.1. The van der Waals surface area contributed by atoms with Crippen molar-refractivity contribution in [2.45, 2.75) is 19.9 Å². The Morgan fingerprint density at radius 2 is 2.22 bits per heavy atom. The second kappa shape index (κ2) is 7.79. The Kier molecular flexibility index (Phi) is 6.32. The molecule has 5 nitrogen and oxygen atoms in total. The van der Waals surface area contributed by atoms with Crippen LogP contribution in [0, 0.1) is 6.92 Å². The zero-order valence-corrected chi connectivity index (χ0v) is 11.1. The summed E-state index contributed by atoms with van der Waals surface area (Å²) in [6.45, 7) is 4.80. The highest BCUT2D eigenvalue weighted by atomic mass is 16.5. The summed E-state index contributed by atoms with van der Waals surface area (Å²) in [7, 11) is 1.59. The van der Waals surface area contributed by atoms with Crippen LogP contribution in [0.15, 0.2) is 18.3 Å². The first-order chi connectivity index (χ1) is 8.63. The largest absolute Gasteiger partial charge is 0.382 e. The van der Waals surface area contributed by atoms with Crippen molar-refractivity contribution in [3.63, 3.8) is 0 Å². The van der Waals surface area contributed by atoms with Crippen molar-refractivity contribution in [2.24, 2.45) is 0 Å². The van der Waals surface area contributed by atoms with Crippen LogP contribution in [0.25, 0.3) is 0 Å². The number of carbonyl (C=O) groups is 1. The molecule has 0 saturated carbocycles. The summed E-state index contributed by atoms with van der Waals surface area (Å²) in [4.78, 5) is 15.8. The van der Waals surface area contributed by atoms with Gasteiger partial charge >= 0.3 is 0 Å². The lowest BCUT2D eigenvalue weighted by Crippen LogP contribution is -2.30. The molecule has 0 saturated heterocycles. The molecule has 0 fully saturated rings. The fourth-order valence-electron chi connectivity index (χ4n) is 1.41. The molecule has 0 bridgehead atoms. The van der Waals surface area contributed by atoms with Crippen LogP contribution < -0.4 is 5.32 Å². The van der Waals surface area contributed by atoms with E-state index in [0.717, 1.165) is 11.3 Å². The Labute approximate surface area is 108 Å². The summed E-state index contributed by atoms with van der Waals surface area (Å²) in [6, 6.07) is 3.81. The molecule has 1 heterocycles. The molecule has 0 spiro atoms. The minimum atomic E-state index is -0.140. The van der Waals surface area contributed by atoms with E-state index >= 15 is 0 Å². The molecule has 0 aliphatic carbocycles. The van der Waals surface area contributed by atoms with Gasteiger partial charge in [0.15, 0.2) is 0 Å². The summed E-state index contributed by atoms with van der Waals surface area (Å²) in [5, 5.41) is 2.85. The van der Waals surface area contributed by atoms with Gasteiger partial charge in [0.25, 0.3) is 0 Å². The van der Waals surface area contributed by atoms with Crippen molar-refractivity contribution in [3.8, 4) is 0 Å². The number of nitrogens with one attached hydrogen (secondary N) is 1. The molecule has 1 unspecified atom stereocenters. The molecule has 0 aromatic carbocycles. The molecule has 0 aliphatic rings. The highest BCUT2D eigenvalue weighted by Crippen LogP contribution is 2.10. The number of hydrogen-bond donors (Lipinski definition) is 1. The number of methoxy groups -OCH3 is 1. The van der Waals surface area contributed by atoms with Crippen LogP contribution in [0.4, 0.5) is 0 Å². The molecule has 0 radical (unpaired) electrons. The Morgan fingerprint density at radius 3 is 2.83 bits per heavy atom. The summed E-state index contributed by atoms with van der Waals surface area (Å²) in [5.74, 6) is -0.140. The van der Waals surface area contributed by atoms with Crippen molar-refractivity contribution in [1.29, 1.82) is 0 Å². The first kappa shape index (κ1) is 14.6. The lowest BCUT2D eigenvalue weighted by molar-refractivity contribution is -0.126. The first-order valence-corrected chi connectivity index (χ1v) is 5.92. The van der Waals surface area contributed by atoms with Gasteiger partial charge in [0.1, 0.15) is 6.61 Å². The van der Waals surface area contributed by atoms with Crippen LogP contribution in [0.5, 0.6) is 0 Å². The summed E-state index contributed by atoms with van der Waals surface area (Å²) in [6.07, 6.45) is 1.77. The molecule has 0 aliphatic heterocycles. The topological polar surface area (TPSA) is 60.5 Å². The molecular formula is C13H20N2O3. The zero-order valence-electron chi connectivity index (χ0n) is 11.1. The van der Waals surface area contributed by atoms with E-state index in [0.29, 0.717) is 13.2 Å². The number of rotatable bonds is 7. The third kappa shape index (κ3) is 5.25. The maximum Gasteiger partial charge on any atom is 0.246 e. The Hall–Kier alpha value is -1.46. The predicted molar refractivity (Wildman–Crippen MR) is 68.2 cm³/mol. The van der Waals surface area contributed by atoms with Gasteiger partial charge in [0.2, 0.25) is 5.91 Å². The van der Waals surface area contributed by atoms with E-state index in [2.05, 4.69) is 10.3 Å². The van der Waals surface area contributed by atoms with Gasteiger partial charge in [-0.25, -0.2) is 0 Å². The third-order valence-electron chi connectivity index (χ3n) is 2.48. The fourth-order valence-corrected chi connectivity index (χ4v) is 1.41. The minimum absolute atomic E-state index is 0.0486. The van der Waals surface area contributed by atoms with Gasteiger partial charge in [-0.3, -0.25) is 9.78 Å². The first-order valence-electron chi connectivity index (χ1n) is 5.92. The SMILES string of the molecule is COCCOCC(=O)NC(C)c1ccc(C)nc1.